The zero-order valence-electron chi connectivity index (χ0n) is 11.2. The smallest absolute Gasteiger partial charge is 0.254 e. The molecule has 1 aromatic carbocycles. The molecule has 1 heterocycles. The van der Waals surface area contributed by atoms with Gasteiger partial charge in [0.15, 0.2) is 0 Å². The molecular formula is C14H17Br2NO2. The lowest BCUT2D eigenvalue weighted by Gasteiger charge is -2.41. The molecule has 3 nitrogen and oxygen atoms in total. The summed E-state index contributed by atoms with van der Waals surface area (Å²) in [5, 5.41) is 0. The summed E-state index contributed by atoms with van der Waals surface area (Å²) in [7, 11) is 0. The van der Waals surface area contributed by atoms with E-state index in [4.69, 9.17) is 4.74 Å². The van der Waals surface area contributed by atoms with E-state index >= 15 is 0 Å². The number of nitrogens with zero attached hydrogens (tertiary/aromatic N) is 1. The molecule has 1 atom stereocenters. The van der Waals surface area contributed by atoms with Crippen LogP contribution in [-0.4, -0.2) is 35.6 Å². The van der Waals surface area contributed by atoms with Crippen molar-refractivity contribution in [3.05, 3.63) is 32.7 Å². The van der Waals surface area contributed by atoms with Crippen molar-refractivity contribution >= 4 is 37.8 Å². The highest BCUT2D eigenvalue weighted by Crippen LogP contribution is 2.25. The van der Waals surface area contributed by atoms with Crippen LogP contribution in [0.5, 0.6) is 0 Å². The first-order chi connectivity index (χ1) is 8.77. The molecule has 0 spiro atoms. The first kappa shape index (κ1) is 15.0. The van der Waals surface area contributed by atoms with Gasteiger partial charge < -0.3 is 9.64 Å². The lowest BCUT2D eigenvalue weighted by Crippen LogP contribution is -2.53. The molecule has 1 aliphatic heterocycles. The fourth-order valence-electron chi connectivity index (χ4n) is 2.47. The second kappa shape index (κ2) is 5.54. The zero-order valence-corrected chi connectivity index (χ0v) is 14.4. The van der Waals surface area contributed by atoms with Gasteiger partial charge in [-0.1, -0.05) is 31.9 Å². The van der Waals surface area contributed by atoms with Crippen LogP contribution >= 0.6 is 31.9 Å². The fraction of sp³-hybridized carbons (Fsp3) is 0.500. The summed E-state index contributed by atoms with van der Waals surface area (Å²) < 4.78 is 7.61. The Labute approximate surface area is 130 Å². The van der Waals surface area contributed by atoms with Gasteiger partial charge in [-0.25, -0.2) is 0 Å². The van der Waals surface area contributed by atoms with Crippen molar-refractivity contribution in [2.45, 2.75) is 32.5 Å². The number of ether oxygens (including phenoxy) is 1. The fourth-order valence-corrected chi connectivity index (χ4v) is 3.76. The molecule has 1 fully saturated rings. The van der Waals surface area contributed by atoms with Crippen molar-refractivity contribution in [1.82, 2.24) is 4.90 Å². The highest BCUT2D eigenvalue weighted by molar-refractivity contribution is 9.11. The second-order valence-electron chi connectivity index (χ2n) is 5.53. The molecule has 104 valence electrons. The monoisotopic (exact) mass is 389 g/mol. The van der Waals surface area contributed by atoms with E-state index in [9.17, 15) is 4.79 Å². The number of morpholine rings is 1. The molecule has 1 saturated heterocycles. The van der Waals surface area contributed by atoms with Crippen molar-refractivity contribution in [1.29, 1.82) is 0 Å². The molecule has 1 aromatic rings. The Bertz CT molecular complexity index is 482. The Morgan fingerprint density at radius 1 is 1.32 bits per heavy atom. The quantitative estimate of drug-likeness (QED) is 0.728. The Kier molecular flexibility index (Phi) is 4.38. The summed E-state index contributed by atoms with van der Waals surface area (Å²) in [6.07, 6.45) is 0.0586. The molecule has 0 aromatic heterocycles. The van der Waals surface area contributed by atoms with Crippen LogP contribution in [0.25, 0.3) is 0 Å². The molecule has 19 heavy (non-hydrogen) atoms. The van der Waals surface area contributed by atoms with Gasteiger partial charge in [-0.15, -0.1) is 0 Å². The molecule has 0 aliphatic carbocycles. The van der Waals surface area contributed by atoms with E-state index in [0.717, 1.165) is 8.95 Å². The third-order valence-electron chi connectivity index (χ3n) is 2.97. The lowest BCUT2D eigenvalue weighted by atomic mass is 10.0. The van der Waals surface area contributed by atoms with Gasteiger partial charge in [0.05, 0.1) is 11.7 Å². The summed E-state index contributed by atoms with van der Waals surface area (Å²) >= 11 is 6.83. The SMILES string of the molecule is CC1CN(C(=O)c2cc(Br)cc(Br)c2)CC(C)(C)O1. The van der Waals surface area contributed by atoms with Gasteiger partial charge in [0.25, 0.3) is 5.91 Å². The van der Waals surface area contributed by atoms with Gasteiger partial charge in [0, 0.05) is 27.6 Å². The maximum Gasteiger partial charge on any atom is 0.254 e. The van der Waals surface area contributed by atoms with Gasteiger partial charge in [-0.2, -0.15) is 0 Å². The van der Waals surface area contributed by atoms with Crippen molar-refractivity contribution in [3.8, 4) is 0 Å². The van der Waals surface area contributed by atoms with Crippen molar-refractivity contribution in [2.75, 3.05) is 13.1 Å². The van der Waals surface area contributed by atoms with Crippen LogP contribution in [0, 0.1) is 0 Å². The molecule has 0 saturated carbocycles. The third-order valence-corrected chi connectivity index (χ3v) is 3.88. The van der Waals surface area contributed by atoms with E-state index < -0.39 is 0 Å². The zero-order chi connectivity index (χ0) is 14.2. The highest BCUT2D eigenvalue weighted by atomic mass is 79.9. The first-order valence-corrected chi connectivity index (χ1v) is 7.79. The Balaban J connectivity index is 2.23. The predicted molar refractivity (Wildman–Crippen MR) is 82.4 cm³/mol. The van der Waals surface area contributed by atoms with Crippen molar-refractivity contribution < 1.29 is 9.53 Å². The molecule has 0 radical (unpaired) electrons. The standard InChI is InChI=1S/C14H17Br2NO2/c1-9-7-17(8-14(2,3)19-9)13(18)10-4-11(15)6-12(16)5-10/h4-6,9H,7-8H2,1-3H3. The molecule has 1 amide bonds. The number of halogens is 2. The van der Waals surface area contributed by atoms with E-state index in [1.807, 2.05) is 43.9 Å². The van der Waals surface area contributed by atoms with Crippen LogP contribution in [0.1, 0.15) is 31.1 Å². The maximum atomic E-state index is 12.6. The normalized spacial score (nSPS) is 22.4. The largest absolute Gasteiger partial charge is 0.369 e. The van der Waals surface area contributed by atoms with Crippen LogP contribution in [0.4, 0.5) is 0 Å². The number of hydrogen-bond donors (Lipinski definition) is 0. The summed E-state index contributed by atoms with van der Waals surface area (Å²) in [4.78, 5) is 14.4. The number of amides is 1. The summed E-state index contributed by atoms with van der Waals surface area (Å²) in [5.41, 5.74) is 0.391. The minimum absolute atomic E-state index is 0.0465. The minimum Gasteiger partial charge on any atom is -0.369 e. The number of hydrogen-bond acceptors (Lipinski definition) is 2. The van der Waals surface area contributed by atoms with Crippen LogP contribution in [0.2, 0.25) is 0 Å². The van der Waals surface area contributed by atoms with Crippen LogP contribution in [-0.2, 0) is 4.74 Å². The van der Waals surface area contributed by atoms with E-state index in [0.29, 0.717) is 18.7 Å². The average Bonchev–Trinajstić information content (AvgIpc) is 2.23. The van der Waals surface area contributed by atoms with Gasteiger partial charge in [-0.3, -0.25) is 4.79 Å². The first-order valence-electron chi connectivity index (χ1n) is 6.20. The van der Waals surface area contributed by atoms with E-state index in [2.05, 4.69) is 31.9 Å². The highest BCUT2D eigenvalue weighted by Gasteiger charge is 2.34. The topological polar surface area (TPSA) is 29.5 Å². The molecular weight excluding hydrogens is 374 g/mol. The predicted octanol–water partition coefficient (Wildman–Crippen LogP) is 3.85. The van der Waals surface area contributed by atoms with E-state index in [-0.39, 0.29) is 17.6 Å². The van der Waals surface area contributed by atoms with Crippen LogP contribution in [0.15, 0.2) is 27.1 Å². The van der Waals surface area contributed by atoms with Gasteiger partial charge in [0.1, 0.15) is 0 Å². The van der Waals surface area contributed by atoms with Crippen LogP contribution < -0.4 is 0 Å². The molecule has 1 aliphatic rings. The summed E-state index contributed by atoms with van der Waals surface area (Å²) in [6, 6.07) is 5.61. The number of rotatable bonds is 1. The van der Waals surface area contributed by atoms with Gasteiger partial charge in [-0.05, 0) is 39.0 Å². The third kappa shape index (κ3) is 3.80. The minimum atomic E-state index is -0.295. The molecule has 0 N–H and O–H groups in total. The molecule has 5 heteroatoms. The summed E-state index contributed by atoms with van der Waals surface area (Å²) in [5.74, 6) is 0.0465. The number of benzene rings is 1. The van der Waals surface area contributed by atoms with Crippen LogP contribution in [0.3, 0.4) is 0 Å². The molecule has 0 bridgehead atoms. The number of carbonyl (C=O) groups excluding carboxylic acids is 1. The van der Waals surface area contributed by atoms with E-state index in [1.165, 1.54) is 0 Å². The van der Waals surface area contributed by atoms with Crippen molar-refractivity contribution in [2.24, 2.45) is 0 Å². The Morgan fingerprint density at radius 2 is 1.89 bits per heavy atom. The second-order valence-corrected chi connectivity index (χ2v) is 7.36. The molecule has 1 unspecified atom stereocenters. The average molecular weight is 391 g/mol. The van der Waals surface area contributed by atoms with Crippen molar-refractivity contribution in [3.63, 3.8) is 0 Å². The van der Waals surface area contributed by atoms with Gasteiger partial charge >= 0.3 is 0 Å². The molecule has 2 rings (SSSR count). The number of carbonyl (C=O) groups is 1. The Morgan fingerprint density at radius 3 is 2.42 bits per heavy atom. The lowest BCUT2D eigenvalue weighted by molar-refractivity contribution is -0.118. The Hall–Kier alpha value is -0.390. The summed E-state index contributed by atoms with van der Waals surface area (Å²) in [6.45, 7) is 7.27. The van der Waals surface area contributed by atoms with Gasteiger partial charge in [0.2, 0.25) is 0 Å². The maximum absolute atomic E-state index is 12.6. The van der Waals surface area contributed by atoms with E-state index in [1.54, 1.807) is 0 Å².